The molecule has 0 aromatic heterocycles. The van der Waals surface area contributed by atoms with Gasteiger partial charge in [0.1, 0.15) is 11.6 Å². The summed E-state index contributed by atoms with van der Waals surface area (Å²) in [6, 6.07) is 12.6. The van der Waals surface area contributed by atoms with Crippen LogP contribution < -0.4 is 15.8 Å². The zero-order valence-electron chi connectivity index (χ0n) is 16.2. The van der Waals surface area contributed by atoms with Crippen molar-refractivity contribution in [3.05, 3.63) is 59.4 Å². The number of halogens is 2. The third-order valence-corrected chi connectivity index (χ3v) is 3.53. The summed E-state index contributed by atoms with van der Waals surface area (Å²) in [6.45, 7) is 4.83. The largest absolute Gasteiger partial charge is 0.491 e. The molecule has 0 bridgehead atoms. The molecule has 2 aromatic rings. The summed E-state index contributed by atoms with van der Waals surface area (Å²) in [6.07, 6.45) is 0.130. The Labute approximate surface area is 177 Å². The average Bonchev–Trinajstić information content (AvgIpc) is 2.56. The van der Waals surface area contributed by atoms with Crippen LogP contribution in [0.15, 0.2) is 47.5 Å². The third kappa shape index (κ3) is 8.13. The number of ether oxygens (including phenoxy) is 1. The van der Waals surface area contributed by atoms with Gasteiger partial charge in [-0.1, -0.05) is 12.1 Å². The van der Waals surface area contributed by atoms with Crippen molar-refractivity contribution in [3.63, 3.8) is 0 Å². The molecule has 0 unspecified atom stereocenters. The van der Waals surface area contributed by atoms with E-state index in [1.54, 1.807) is 6.07 Å². The number of benzene rings is 2. The highest BCUT2D eigenvalue weighted by Gasteiger charge is 2.05. The summed E-state index contributed by atoms with van der Waals surface area (Å²) in [5.41, 5.74) is 8.17. The fraction of sp³-hybridized carbons (Fsp3) is 0.350. The lowest BCUT2D eigenvalue weighted by molar-refractivity contribution is 0.242. The van der Waals surface area contributed by atoms with Crippen LogP contribution in [-0.4, -0.2) is 31.1 Å². The lowest BCUT2D eigenvalue weighted by Gasteiger charge is -2.11. The molecule has 3 N–H and O–H groups in total. The molecular formula is C20H28FIN4O. The lowest BCUT2D eigenvalue weighted by atomic mass is 10.1. The number of hydrogen-bond donors (Lipinski definition) is 2. The number of rotatable bonds is 7. The van der Waals surface area contributed by atoms with Crippen LogP contribution in [0.25, 0.3) is 0 Å². The quantitative estimate of drug-likeness (QED) is 0.350. The molecule has 0 aliphatic carbocycles. The van der Waals surface area contributed by atoms with Gasteiger partial charge in [-0.25, -0.2) is 9.38 Å². The topological polar surface area (TPSA) is 62.9 Å². The van der Waals surface area contributed by atoms with Crippen molar-refractivity contribution in [2.45, 2.75) is 33.0 Å². The summed E-state index contributed by atoms with van der Waals surface area (Å²) in [4.78, 5) is 6.19. The van der Waals surface area contributed by atoms with Gasteiger partial charge in [-0.05, 0) is 63.8 Å². The van der Waals surface area contributed by atoms with E-state index in [9.17, 15) is 4.39 Å². The van der Waals surface area contributed by atoms with Gasteiger partial charge in [0.2, 0.25) is 0 Å². The summed E-state index contributed by atoms with van der Waals surface area (Å²) >= 11 is 0. The number of anilines is 1. The number of hydrogen-bond acceptors (Lipinski definition) is 3. The molecule has 0 fully saturated rings. The molecule has 5 nitrogen and oxygen atoms in total. The summed E-state index contributed by atoms with van der Waals surface area (Å²) in [7, 11) is 3.82. The zero-order chi connectivity index (χ0) is 19.1. The number of nitrogens with two attached hydrogens (primary N) is 1. The molecule has 0 amide bonds. The van der Waals surface area contributed by atoms with Gasteiger partial charge >= 0.3 is 0 Å². The molecule has 0 aliphatic rings. The Hall–Kier alpha value is -1.87. The van der Waals surface area contributed by atoms with Crippen LogP contribution in [0.5, 0.6) is 5.75 Å². The van der Waals surface area contributed by atoms with Gasteiger partial charge in [0.15, 0.2) is 5.96 Å². The predicted molar refractivity (Wildman–Crippen MR) is 120 cm³/mol. The Kier molecular flexibility index (Phi) is 9.51. The average molecular weight is 486 g/mol. The Morgan fingerprint density at radius 1 is 1.19 bits per heavy atom. The fourth-order valence-corrected chi connectivity index (χ4v) is 2.41. The molecule has 2 aromatic carbocycles. The van der Waals surface area contributed by atoms with E-state index in [4.69, 9.17) is 10.5 Å². The molecule has 0 radical (unpaired) electrons. The highest BCUT2D eigenvalue weighted by Crippen LogP contribution is 2.17. The van der Waals surface area contributed by atoms with Gasteiger partial charge in [0.05, 0.1) is 12.6 Å². The van der Waals surface area contributed by atoms with E-state index in [0.29, 0.717) is 18.7 Å². The molecule has 148 valence electrons. The smallest absolute Gasteiger partial charge is 0.193 e. The van der Waals surface area contributed by atoms with Gasteiger partial charge in [0, 0.05) is 17.8 Å². The van der Waals surface area contributed by atoms with Gasteiger partial charge in [-0.2, -0.15) is 0 Å². The molecule has 0 spiro atoms. The van der Waals surface area contributed by atoms with Crippen molar-refractivity contribution in [2.24, 2.45) is 10.7 Å². The van der Waals surface area contributed by atoms with E-state index in [1.165, 1.54) is 6.07 Å². The first-order valence-electron chi connectivity index (χ1n) is 8.59. The summed E-state index contributed by atoms with van der Waals surface area (Å²) < 4.78 is 19.7. The number of nitrogens with zero attached hydrogens (tertiary/aromatic N) is 2. The Morgan fingerprint density at radius 3 is 2.41 bits per heavy atom. The first-order chi connectivity index (χ1) is 12.3. The minimum atomic E-state index is -0.223. The van der Waals surface area contributed by atoms with Crippen LogP contribution in [0.1, 0.15) is 25.0 Å². The standard InChI is InChI=1S/C20H27FN4O.HI/c1-14(2)26-18-9-7-17(8-10-18)24-20(22)23-12-15-5-6-16(13-25(3)4)19(21)11-15;/h5-11,14H,12-13H2,1-4H3,(H3,22,23,24);1H. The normalized spacial score (nSPS) is 11.4. The Bertz CT molecular complexity index is 748. The van der Waals surface area contributed by atoms with Crippen molar-refractivity contribution >= 4 is 35.6 Å². The van der Waals surface area contributed by atoms with E-state index in [0.717, 1.165) is 17.0 Å². The minimum Gasteiger partial charge on any atom is -0.491 e. The molecule has 0 aliphatic heterocycles. The lowest BCUT2D eigenvalue weighted by Crippen LogP contribution is -2.22. The maximum absolute atomic E-state index is 14.1. The SMILES string of the molecule is CC(C)Oc1ccc(NC(N)=NCc2ccc(CN(C)C)c(F)c2)cc1.I. The minimum absolute atomic E-state index is 0. The second-order valence-corrected chi connectivity index (χ2v) is 6.68. The predicted octanol–water partition coefficient (Wildman–Crippen LogP) is 4.22. The maximum atomic E-state index is 14.1. The maximum Gasteiger partial charge on any atom is 0.193 e. The molecule has 0 heterocycles. The van der Waals surface area contributed by atoms with Crippen molar-refractivity contribution < 1.29 is 9.13 Å². The Balaban J connectivity index is 0.00000364. The van der Waals surface area contributed by atoms with Crippen LogP contribution in [-0.2, 0) is 13.1 Å². The monoisotopic (exact) mass is 486 g/mol. The van der Waals surface area contributed by atoms with Crippen LogP contribution in [0.3, 0.4) is 0 Å². The molecule has 0 saturated carbocycles. The van der Waals surface area contributed by atoms with Crippen molar-refractivity contribution in [3.8, 4) is 5.75 Å². The van der Waals surface area contributed by atoms with Crippen LogP contribution in [0.4, 0.5) is 10.1 Å². The molecule has 0 saturated heterocycles. The van der Waals surface area contributed by atoms with Crippen LogP contribution in [0.2, 0.25) is 0 Å². The fourth-order valence-electron chi connectivity index (χ4n) is 2.41. The number of guanidine groups is 1. The molecule has 2 rings (SSSR count). The van der Waals surface area contributed by atoms with E-state index in [2.05, 4.69) is 10.3 Å². The van der Waals surface area contributed by atoms with Crippen LogP contribution in [0, 0.1) is 5.82 Å². The van der Waals surface area contributed by atoms with Gasteiger partial charge in [-0.3, -0.25) is 0 Å². The third-order valence-electron chi connectivity index (χ3n) is 3.53. The Morgan fingerprint density at radius 2 is 1.85 bits per heavy atom. The van der Waals surface area contributed by atoms with Gasteiger partial charge < -0.3 is 20.7 Å². The number of aliphatic imine (C=N–C) groups is 1. The van der Waals surface area contributed by atoms with Crippen molar-refractivity contribution in [2.75, 3.05) is 19.4 Å². The van der Waals surface area contributed by atoms with Crippen molar-refractivity contribution in [1.82, 2.24) is 4.90 Å². The van der Waals surface area contributed by atoms with Gasteiger partial charge in [0.25, 0.3) is 0 Å². The second kappa shape index (κ2) is 11.1. The van der Waals surface area contributed by atoms with Gasteiger partial charge in [-0.15, -0.1) is 24.0 Å². The first kappa shape index (κ1) is 23.2. The van der Waals surface area contributed by atoms with Crippen LogP contribution >= 0.6 is 24.0 Å². The second-order valence-electron chi connectivity index (χ2n) is 6.68. The highest BCUT2D eigenvalue weighted by atomic mass is 127. The van der Waals surface area contributed by atoms with Crippen molar-refractivity contribution in [1.29, 1.82) is 0 Å². The molecular weight excluding hydrogens is 458 g/mol. The van der Waals surface area contributed by atoms with E-state index in [1.807, 2.05) is 63.2 Å². The number of nitrogens with one attached hydrogen (secondary N) is 1. The van der Waals surface area contributed by atoms with E-state index in [-0.39, 0.29) is 41.9 Å². The highest BCUT2D eigenvalue weighted by molar-refractivity contribution is 14.0. The molecule has 0 atom stereocenters. The zero-order valence-corrected chi connectivity index (χ0v) is 18.5. The first-order valence-corrected chi connectivity index (χ1v) is 8.59. The van der Waals surface area contributed by atoms with E-state index >= 15 is 0 Å². The van der Waals surface area contributed by atoms with E-state index < -0.39 is 0 Å². The summed E-state index contributed by atoms with van der Waals surface area (Å²) in [5.74, 6) is 0.855. The molecule has 27 heavy (non-hydrogen) atoms. The summed E-state index contributed by atoms with van der Waals surface area (Å²) in [5, 5.41) is 3.02. The molecule has 7 heteroatoms.